The summed E-state index contributed by atoms with van der Waals surface area (Å²) in [6, 6.07) is 5.84. The van der Waals surface area contributed by atoms with Gasteiger partial charge < -0.3 is 11.1 Å². The number of anilines is 2. The Morgan fingerprint density at radius 2 is 1.91 bits per heavy atom. The van der Waals surface area contributed by atoms with Gasteiger partial charge in [-0.3, -0.25) is 9.78 Å². The van der Waals surface area contributed by atoms with Gasteiger partial charge >= 0.3 is 0 Å². The van der Waals surface area contributed by atoms with Gasteiger partial charge in [-0.2, -0.15) is 0 Å². The van der Waals surface area contributed by atoms with Crippen LogP contribution in [0.25, 0.3) is 22.0 Å². The summed E-state index contributed by atoms with van der Waals surface area (Å²) >= 11 is 0. The van der Waals surface area contributed by atoms with Crippen LogP contribution in [0.15, 0.2) is 36.8 Å². The van der Waals surface area contributed by atoms with Crippen LogP contribution >= 0.6 is 0 Å². The molecule has 9 nitrogen and oxygen atoms in total. The van der Waals surface area contributed by atoms with Gasteiger partial charge in [0.1, 0.15) is 11.6 Å². The predicted octanol–water partition coefficient (Wildman–Crippen LogP) is 2.48. The first-order valence-electron chi connectivity index (χ1n) is 10.4. The number of sulfonamides is 1. The van der Waals surface area contributed by atoms with E-state index in [4.69, 9.17) is 5.73 Å². The first kappa shape index (κ1) is 22.1. The number of fused-ring (bicyclic) bond motifs is 2. The molecule has 3 aromatic heterocycles. The fraction of sp³-hybridized carbons (Fsp3) is 0.364. The second-order valence-electron chi connectivity index (χ2n) is 8.45. The lowest BCUT2D eigenvalue weighted by Crippen LogP contribution is -2.32. The number of rotatable bonds is 5. The number of nitrogens with two attached hydrogens (primary N) is 1. The van der Waals surface area contributed by atoms with Gasteiger partial charge in [-0.15, -0.1) is 0 Å². The summed E-state index contributed by atoms with van der Waals surface area (Å²) in [5.41, 5.74) is 8.74. The molecule has 0 saturated heterocycles. The molecule has 5 rings (SSSR count). The van der Waals surface area contributed by atoms with Gasteiger partial charge in [0.15, 0.2) is 0 Å². The van der Waals surface area contributed by atoms with E-state index in [9.17, 15) is 13.2 Å². The molecule has 0 aromatic carbocycles. The maximum absolute atomic E-state index is 10.8. The van der Waals surface area contributed by atoms with Crippen LogP contribution in [0.3, 0.4) is 0 Å². The van der Waals surface area contributed by atoms with Crippen LogP contribution in [0.1, 0.15) is 24.8 Å². The van der Waals surface area contributed by atoms with E-state index in [1.54, 1.807) is 24.7 Å². The topological polar surface area (TPSA) is 140 Å². The van der Waals surface area contributed by atoms with Gasteiger partial charge in [-0.05, 0) is 67.2 Å². The molecule has 32 heavy (non-hydrogen) atoms. The van der Waals surface area contributed by atoms with Crippen molar-refractivity contribution in [2.75, 3.05) is 17.3 Å². The molecule has 2 unspecified atom stereocenters. The van der Waals surface area contributed by atoms with Crippen LogP contribution in [-0.2, 0) is 14.8 Å². The summed E-state index contributed by atoms with van der Waals surface area (Å²) in [7, 11) is -2.96. The monoisotopic (exact) mass is 454 g/mol. The van der Waals surface area contributed by atoms with Gasteiger partial charge in [0.25, 0.3) is 0 Å². The number of nitrogens with zero attached hydrogens (tertiary/aromatic N) is 3. The average Bonchev–Trinajstić information content (AvgIpc) is 3.33. The summed E-state index contributed by atoms with van der Waals surface area (Å²) in [5.74, 6) is 2.55. The number of carbonyl (C=O) groups excluding carboxylic acids is 1. The fourth-order valence-electron chi connectivity index (χ4n) is 4.30. The highest BCUT2D eigenvalue weighted by Crippen LogP contribution is 2.51. The van der Waals surface area contributed by atoms with E-state index in [0.29, 0.717) is 18.0 Å². The molecular formula is C22H26N6O3S. The first-order chi connectivity index (χ1) is 15.2. The Morgan fingerprint density at radius 1 is 1.16 bits per heavy atom. The van der Waals surface area contributed by atoms with Crippen molar-refractivity contribution in [1.29, 1.82) is 0 Å². The Bertz CT molecular complexity index is 1250. The molecular weight excluding hydrogens is 428 g/mol. The van der Waals surface area contributed by atoms with Crippen molar-refractivity contribution in [2.24, 2.45) is 11.8 Å². The van der Waals surface area contributed by atoms with Crippen molar-refractivity contribution < 1.29 is 13.2 Å². The highest BCUT2D eigenvalue weighted by molar-refractivity contribution is 7.88. The Balaban J connectivity index is 0.000000186. The molecule has 4 N–H and O–H groups in total. The molecule has 3 heterocycles. The van der Waals surface area contributed by atoms with Gasteiger partial charge in [-0.25, -0.2) is 23.1 Å². The largest absolute Gasteiger partial charge is 0.383 e. The van der Waals surface area contributed by atoms with E-state index in [-0.39, 0.29) is 6.04 Å². The normalized spacial score (nSPS) is 21.4. The van der Waals surface area contributed by atoms with Crippen LogP contribution in [0.5, 0.6) is 0 Å². The Hall–Kier alpha value is -3.11. The second-order valence-corrected chi connectivity index (χ2v) is 10.2. The molecule has 2 saturated carbocycles. The molecule has 10 heteroatoms. The standard InChI is InChI=1S/C15H13N5O.C7H13NO2S/c1-9-2-3-17-6-11(9)13-4-10-5-14(19-8-21)18-7-12(10)15(16)20-13;1-11(9,10)8-7-3-5-2-6(5)4-7/h2-8H,1H3,(H2,16,20)(H,18,19,21);5-8H,2-4H2,1H3. The molecule has 168 valence electrons. The zero-order valence-corrected chi connectivity index (χ0v) is 18.8. The quantitative estimate of drug-likeness (QED) is 0.503. The van der Waals surface area contributed by atoms with Crippen LogP contribution in [0.2, 0.25) is 0 Å². The van der Waals surface area contributed by atoms with Crippen molar-refractivity contribution in [1.82, 2.24) is 19.7 Å². The van der Waals surface area contributed by atoms with E-state index >= 15 is 0 Å². The Morgan fingerprint density at radius 3 is 2.56 bits per heavy atom. The van der Waals surface area contributed by atoms with Crippen molar-refractivity contribution in [3.63, 3.8) is 0 Å². The zero-order valence-electron chi connectivity index (χ0n) is 17.9. The van der Waals surface area contributed by atoms with E-state index < -0.39 is 10.0 Å². The molecule has 1 amide bonds. The van der Waals surface area contributed by atoms with E-state index in [1.165, 1.54) is 12.7 Å². The van der Waals surface area contributed by atoms with Gasteiger partial charge in [0.2, 0.25) is 16.4 Å². The van der Waals surface area contributed by atoms with Crippen LogP contribution in [0, 0.1) is 18.8 Å². The van der Waals surface area contributed by atoms with Gasteiger partial charge in [0.05, 0.1) is 11.9 Å². The maximum Gasteiger partial charge on any atom is 0.212 e. The minimum absolute atomic E-state index is 0.244. The number of aryl methyl sites for hydroxylation is 1. The molecule has 0 bridgehead atoms. The van der Waals surface area contributed by atoms with Gasteiger partial charge in [0, 0.05) is 35.6 Å². The second kappa shape index (κ2) is 8.79. The molecule has 2 atom stereocenters. The minimum Gasteiger partial charge on any atom is -0.383 e. The van der Waals surface area contributed by atoms with Gasteiger partial charge in [-0.1, -0.05) is 0 Å². The summed E-state index contributed by atoms with van der Waals surface area (Å²) in [4.78, 5) is 23.2. The highest BCUT2D eigenvalue weighted by Gasteiger charge is 2.46. The summed E-state index contributed by atoms with van der Waals surface area (Å²) < 4.78 is 24.2. The molecule has 2 aliphatic carbocycles. The minimum atomic E-state index is -2.96. The molecule has 0 aliphatic heterocycles. The smallest absolute Gasteiger partial charge is 0.212 e. The molecule has 0 radical (unpaired) electrons. The molecule has 0 spiro atoms. The van der Waals surface area contributed by atoms with E-state index in [2.05, 4.69) is 25.0 Å². The number of hydrogen-bond donors (Lipinski definition) is 3. The summed E-state index contributed by atoms with van der Waals surface area (Å²) in [6.45, 7) is 1.99. The fourth-order valence-corrected chi connectivity index (χ4v) is 5.10. The number of carbonyl (C=O) groups is 1. The van der Waals surface area contributed by atoms with Crippen molar-refractivity contribution in [3.05, 3.63) is 42.4 Å². The van der Waals surface area contributed by atoms with Crippen molar-refractivity contribution in [3.8, 4) is 11.3 Å². The SMILES string of the molecule is CS(=O)(=O)NC1CC2CC2C1.Cc1ccncc1-c1cc2cc(NC=O)ncc2c(N)n1. The number of hydrogen-bond acceptors (Lipinski definition) is 7. The number of nitrogens with one attached hydrogen (secondary N) is 2. The first-order valence-corrected chi connectivity index (χ1v) is 12.3. The van der Waals surface area contributed by atoms with Crippen LogP contribution in [0.4, 0.5) is 11.6 Å². The third kappa shape index (κ3) is 5.20. The summed E-state index contributed by atoms with van der Waals surface area (Å²) in [6.07, 6.45) is 10.4. The third-order valence-corrected chi connectivity index (χ3v) is 6.65. The molecule has 2 fully saturated rings. The molecule has 2 aliphatic rings. The number of pyridine rings is 3. The lowest BCUT2D eigenvalue weighted by atomic mass is 10.1. The lowest BCUT2D eigenvalue weighted by molar-refractivity contribution is -0.105. The number of amides is 1. The number of aromatic nitrogens is 3. The maximum atomic E-state index is 10.8. The van der Waals surface area contributed by atoms with E-state index in [1.807, 2.05) is 19.1 Å². The lowest BCUT2D eigenvalue weighted by Gasteiger charge is -2.11. The number of nitrogen functional groups attached to an aromatic ring is 1. The summed E-state index contributed by atoms with van der Waals surface area (Å²) in [5, 5.41) is 4.13. The molecule has 3 aromatic rings. The Kier molecular flexibility index (Phi) is 6.07. The van der Waals surface area contributed by atoms with Crippen molar-refractivity contribution >= 4 is 38.8 Å². The average molecular weight is 455 g/mol. The zero-order chi connectivity index (χ0) is 22.9. The third-order valence-electron chi connectivity index (χ3n) is 5.89. The predicted molar refractivity (Wildman–Crippen MR) is 124 cm³/mol. The van der Waals surface area contributed by atoms with Crippen molar-refractivity contribution in [2.45, 2.75) is 32.2 Å². The van der Waals surface area contributed by atoms with Crippen LogP contribution in [-0.4, -0.2) is 42.1 Å². The van der Waals surface area contributed by atoms with Crippen LogP contribution < -0.4 is 15.8 Å². The highest BCUT2D eigenvalue weighted by atomic mass is 32.2. The Labute approximate surface area is 186 Å². The van der Waals surface area contributed by atoms with E-state index in [0.717, 1.165) is 52.3 Å².